The maximum Gasteiger partial charge on any atom is 0.159 e. The van der Waals surface area contributed by atoms with Crippen molar-refractivity contribution in [3.8, 4) is 68.3 Å². The van der Waals surface area contributed by atoms with Gasteiger partial charge in [0.25, 0.3) is 0 Å². The second-order valence-corrected chi connectivity index (χ2v) is 19.9. The number of nitrogens with zero attached hydrogens (tertiary/aromatic N) is 10. The quantitative estimate of drug-likeness (QED) is 0.153. The maximum atomic E-state index is 6.39. The lowest BCUT2D eigenvalue weighted by Gasteiger charge is -2.14. The van der Waals surface area contributed by atoms with Crippen molar-refractivity contribution in [1.29, 1.82) is 0 Å². The van der Waals surface area contributed by atoms with Gasteiger partial charge in [-0.15, -0.1) is 11.3 Å². The molecule has 0 N–H and O–H groups in total. The molecule has 11 nitrogen and oxygen atoms in total. The molecule has 0 spiro atoms. The number of rotatable bonds is 7. The molecule has 0 aliphatic heterocycles. The summed E-state index contributed by atoms with van der Waals surface area (Å²) in [5, 5.41) is 9.14. The Morgan fingerprint density at radius 1 is 0.329 bits per heavy atom. The van der Waals surface area contributed by atoms with Crippen LogP contribution < -0.4 is 0 Å². The Morgan fingerprint density at radius 3 is 1.50 bits per heavy atom. The molecule has 0 atom stereocenters. The molecule has 0 bridgehead atoms. The third kappa shape index (κ3) is 6.61. The number of hydrogen-bond donors (Lipinski definition) is 0. The highest BCUT2D eigenvalue weighted by molar-refractivity contribution is 7.26. The summed E-state index contributed by atoms with van der Waals surface area (Å²) in [5.41, 5.74) is 12.4. The van der Waals surface area contributed by atoms with E-state index in [1.165, 1.54) is 30.9 Å². The first-order chi connectivity index (χ1) is 37.6. The molecular formula is C64H36N10OS. The van der Waals surface area contributed by atoms with E-state index in [1.807, 2.05) is 47.7 Å². The zero-order chi connectivity index (χ0) is 49.8. The molecule has 16 rings (SSSR count). The topological polar surface area (TPSA) is 126 Å². The van der Waals surface area contributed by atoms with Crippen molar-refractivity contribution in [3.63, 3.8) is 0 Å². The summed E-state index contributed by atoms with van der Waals surface area (Å²) in [6.45, 7) is 0. The molecule has 76 heavy (non-hydrogen) atoms. The fourth-order valence-corrected chi connectivity index (χ4v) is 12.4. The number of furan rings is 1. The van der Waals surface area contributed by atoms with Gasteiger partial charge in [-0.05, 0) is 97.1 Å². The molecule has 0 amide bonds. The summed E-state index contributed by atoms with van der Waals surface area (Å²) in [6, 6.07) is 63.0. The molecule has 0 radical (unpaired) electrons. The van der Waals surface area contributed by atoms with Crippen LogP contribution in [-0.4, -0.2) is 49.0 Å². The minimum atomic E-state index is 0.519. The van der Waals surface area contributed by atoms with Crippen LogP contribution in [0.1, 0.15) is 0 Å². The average molecular weight is 993 g/mol. The van der Waals surface area contributed by atoms with Crippen molar-refractivity contribution in [2.24, 2.45) is 0 Å². The van der Waals surface area contributed by atoms with Crippen LogP contribution in [0, 0.1) is 0 Å². The molecule has 16 aromatic rings. The van der Waals surface area contributed by atoms with Gasteiger partial charge in [-0.3, -0.25) is 0 Å². The van der Waals surface area contributed by atoms with Crippen molar-refractivity contribution in [2.45, 2.75) is 0 Å². The third-order valence-electron chi connectivity index (χ3n) is 14.4. The second-order valence-electron chi connectivity index (χ2n) is 18.8. The highest BCUT2D eigenvalue weighted by atomic mass is 32.1. The number of aromatic nitrogens is 10. The molecule has 8 aromatic carbocycles. The van der Waals surface area contributed by atoms with E-state index in [0.29, 0.717) is 34.7 Å². The zero-order valence-corrected chi connectivity index (χ0v) is 40.9. The number of fused-ring (bicyclic) bond motifs is 13. The lowest BCUT2D eigenvalue weighted by Crippen LogP contribution is -2.00. The first-order valence-corrected chi connectivity index (χ1v) is 25.7. The Hall–Kier alpha value is -10.3. The summed E-state index contributed by atoms with van der Waals surface area (Å²) in [4.78, 5) is 39.2. The van der Waals surface area contributed by atoms with E-state index in [9.17, 15) is 0 Å². The van der Waals surface area contributed by atoms with Crippen molar-refractivity contribution in [1.82, 2.24) is 49.0 Å². The van der Waals surface area contributed by atoms with Crippen LogP contribution in [0.15, 0.2) is 224 Å². The van der Waals surface area contributed by atoms with Gasteiger partial charge in [0, 0.05) is 119 Å². The lowest BCUT2D eigenvalue weighted by molar-refractivity contribution is 0.669. The first kappa shape index (κ1) is 42.2. The first-order valence-electron chi connectivity index (χ1n) is 24.9. The minimum absolute atomic E-state index is 0.519. The van der Waals surface area contributed by atoms with Crippen molar-refractivity contribution >= 4 is 97.1 Å². The van der Waals surface area contributed by atoms with Crippen LogP contribution in [0.25, 0.3) is 154 Å². The van der Waals surface area contributed by atoms with Gasteiger partial charge in [0.1, 0.15) is 11.2 Å². The number of benzene rings is 8. The summed E-state index contributed by atoms with van der Waals surface area (Å²) in [7, 11) is 0. The maximum absolute atomic E-state index is 6.39. The van der Waals surface area contributed by atoms with Crippen molar-refractivity contribution in [2.75, 3.05) is 0 Å². The normalized spacial score (nSPS) is 11.9. The fourth-order valence-electron chi connectivity index (χ4n) is 11.1. The summed E-state index contributed by atoms with van der Waals surface area (Å²) >= 11 is 1.82. The molecule has 12 heteroatoms. The van der Waals surface area contributed by atoms with Gasteiger partial charge < -0.3 is 13.6 Å². The Balaban J connectivity index is 0.856. The van der Waals surface area contributed by atoms with E-state index in [1.54, 1.807) is 37.2 Å². The molecule has 0 aliphatic carbocycles. The molecule has 8 heterocycles. The Morgan fingerprint density at radius 2 is 0.842 bits per heavy atom. The Bertz CT molecular complexity index is 5020. The zero-order valence-electron chi connectivity index (χ0n) is 40.1. The molecule has 354 valence electrons. The highest BCUT2D eigenvalue weighted by Gasteiger charge is 2.22. The number of para-hydroxylation sites is 3. The van der Waals surface area contributed by atoms with Crippen LogP contribution in [0.3, 0.4) is 0 Å². The smallest absolute Gasteiger partial charge is 0.159 e. The number of thiophene rings is 1. The molecule has 0 aliphatic rings. The van der Waals surface area contributed by atoms with Gasteiger partial charge >= 0.3 is 0 Å². The summed E-state index contributed by atoms with van der Waals surface area (Å²) < 4.78 is 13.5. The van der Waals surface area contributed by atoms with Crippen LogP contribution in [0.4, 0.5) is 0 Å². The largest absolute Gasteiger partial charge is 0.456 e. The summed E-state index contributed by atoms with van der Waals surface area (Å²) in [6.07, 6.45) is 10.6. The molecule has 8 aromatic heterocycles. The predicted octanol–water partition coefficient (Wildman–Crippen LogP) is 15.6. The van der Waals surface area contributed by atoms with Gasteiger partial charge in [0.2, 0.25) is 0 Å². The Kier molecular flexibility index (Phi) is 9.23. The van der Waals surface area contributed by atoms with Gasteiger partial charge in [0.05, 0.1) is 38.2 Å². The predicted molar refractivity (Wildman–Crippen MR) is 305 cm³/mol. The van der Waals surface area contributed by atoms with Gasteiger partial charge in [0.15, 0.2) is 23.3 Å². The van der Waals surface area contributed by atoms with E-state index >= 15 is 0 Å². The molecule has 0 saturated heterocycles. The average Bonchev–Trinajstić information content (AvgIpc) is 4.34. The molecular weight excluding hydrogens is 957 g/mol. The standard InChI is InChI=1S/C64H36N10OS/c1-6-16-54-43(11-1)47-19-20-48-46-14-4-8-18-58(46)76-60(48)59(47)74(54)42-32-38(62-67-25-10-26-68-62)30-40(34-42)64-70-28-22-52(72-64)51-21-27-69-63(71-51)39-29-37(61-65-23-9-24-66-61)31-41(33-39)73-53-15-5-2-12-44(53)49-36-57-50(35-55(49)73)45-13-3-7-17-56(45)75-57/h1-36H. The van der Waals surface area contributed by atoms with Crippen molar-refractivity contribution < 1.29 is 4.42 Å². The van der Waals surface area contributed by atoms with Crippen LogP contribution in [-0.2, 0) is 0 Å². The van der Waals surface area contributed by atoms with Crippen LogP contribution in [0.5, 0.6) is 0 Å². The van der Waals surface area contributed by atoms with Crippen molar-refractivity contribution in [3.05, 3.63) is 219 Å². The van der Waals surface area contributed by atoms with E-state index in [-0.39, 0.29) is 0 Å². The molecule has 0 fully saturated rings. The van der Waals surface area contributed by atoms with Crippen LogP contribution >= 0.6 is 11.3 Å². The third-order valence-corrected chi connectivity index (χ3v) is 15.6. The Labute approximate surface area is 435 Å². The van der Waals surface area contributed by atoms with E-state index in [4.69, 9.17) is 44.3 Å². The lowest BCUT2D eigenvalue weighted by atomic mass is 10.1. The highest BCUT2D eigenvalue weighted by Crippen LogP contribution is 2.44. The number of hydrogen-bond acceptors (Lipinski definition) is 10. The van der Waals surface area contributed by atoms with E-state index in [2.05, 4.69) is 155 Å². The monoisotopic (exact) mass is 992 g/mol. The fraction of sp³-hybridized carbons (Fsp3) is 0. The van der Waals surface area contributed by atoms with Gasteiger partial charge in [-0.1, -0.05) is 84.9 Å². The minimum Gasteiger partial charge on any atom is -0.456 e. The van der Waals surface area contributed by atoms with Crippen LogP contribution in [0.2, 0.25) is 0 Å². The molecule has 0 saturated carbocycles. The van der Waals surface area contributed by atoms with E-state index in [0.717, 1.165) is 88.4 Å². The van der Waals surface area contributed by atoms with Gasteiger partial charge in [-0.2, -0.15) is 0 Å². The summed E-state index contributed by atoms with van der Waals surface area (Å²) in [5.74, 6) is 2.23. The van der Waals surface area contributed by atoms with Gasteiger partial charge in [-0.25, -0.2) is 39.9 Å². The van der Waals surface area contributed by atoms with E-state index < -0.39 is 0 Å². The SMILES string of the molecule is c1cnc(-c2cc(-c3nccc(-c4ccnc(-c5cc(-c6ncccn6)cc(-n6c7ccccc7c7ccc8c9ccccc9sc8c76)c5)n4)n3)cc(-n3c4ccccc4c4cc5oc6ccccc6c5cc43)c2)nc1. The second kappa shape index (κ2) is 16.6. The molecule has 0 unspecified atom stereocenters.